The molecule has 0 saturated heterocycles. The van der Waals surface area contributed by atoms with Crippen LogP contribution in [0.1, 0.15) is 63.0 Å². The zero-order valence-corrected chi connectivity index (χ0v) is 23.6. The first-order chi connectivity index (χ1) is 16.1. The molecule has 2 aromatic rings. The number of guanidine groups is 1. The number of carbonyl (C=O) groups excluding carboxylic acids is 1. The number of hydrogen-bond donors (Lipinski definition) is 4. The van der Waals surface area contributed by atoms with Gasteiger partial charge in [0.25, 0.3) is 15.9 Å². The third kappa shape index (κ3) is 8.03. The Hall–Kier alpha value is -2.98. The number of amides is 1. The maximum absolute atomic E-state index is 13.3. The van der Waals surface area contributed by atoms with E-state index in [9.17, 15) is 13.2 Å². The summed E-state index contributed by atoms with van der Waals surface area (Å²) in [6.45, 7) is 12.6. The first-order valence-corrected chi connectivity index (χ1v) is 12.7. The average Bonchev–Trinajstić information content (AvgIpc) is 2.74. The van der Waals surface area contributed by atoms with Gasteiger partial charge in [-0.2, -0.15) is 0 Å². The minimum atomic E-state index is -3.91. The summed E-state index contributed by atoms with van der Waals surface area (Å²) >= 11 is 0. The number of rotatable bonds is 8. The molecule has 0 atom stereocenters. The van der Waals surface area contributed by atoms with E-state index in [1.165, 1.54) is 0 Å². The number of hydrogen-bond acceptors (Lipinski definition) is 5. The Balaban J connectivity index is 0.00000648. The number of sulfonamides is 1. The summed E-state index contributed by atoms with van der Waals surface area (Å²) < 4.78 is 35.0. The van der Waals surface area contributed by atoms with Crippen LogP contribution in [0.3, 0.4) is 0 Å². The summed E-state index contributed by atoms with van der Waals surface area (Å²) in [7, 11) is -2.31. The lowest BCUT2D eigenvalue weighted by Gasteiger charge is -2.29. The minimum absolute atomic E-state index is 0. The fourth-order valence-electron chi connectivity index (χ4n) is 3.45. The van der Waals surface area contributed by atoms with Crippen LogP contribution < -0.4 is 26.2 Å². The summed E-state index contributed by atoms with van der Waals surface area (Å²) in [5, 5.41) is 2.69. The second-order valence-corrected chi connectivity index (χ2v) is 12.0. The van der Waals surface area contributed by atoms with Crippen molar-refractivity contribution < 1.29 is 17.9 Å². The van der Waals surface area contributed by atoms with Crippen molar-refractivity contribution in [2.75, 3.05) is 24.9 Å². The molecule has 0 saturated carbocycles. The van der Waals surface area contributed by atoms with Crippen molar-refractivity contribution in [3.05, 3.63) is 53.1 Å². The monoisotopic (exact) mass is 539 g/mol. The highest BCUT2D eigenvalue weighted by Gasteiger charge is 2.30. The molecule has 9 nitrogen and oxygen atoms in total. The standard InChI is InChI=1S/C25H37N5O4S.ClH/c1-24(2,3)19-14-18(15-20(21(19)34-7)25(4,5)6)35(32,33)30-17-10-8-16(9-11-17)22(31)28-12-13-29-23(26)27;/h8-11,14-15,30H,12-13H2,1-7H3,(H,28,31)(H4,26,27,29);1H. The molecule has 0 aliphatic carbocycles. The highest BCUT2D eigenvalue weighted by molar-refractivity contribution is 7.92. The second-order valence-electron chi connectivity index (χ2n) is 10.3. The number of anilines is 1. The molecule has 200 valence electrons. The predicted molar refractivity (Wildman–Crippen MR) is 148 cm³/mol. The van der Waals surface area contributed by atoms with Crippen molar-refractivity contribution in [2.45, 2.75) is 57.3 Å². The topological polar surface area (TPSA) is 149 Å². The number of carbonyl (C=O) groups is 1. The summed E-state index contributed by atoms with van der Waals surface area (Å²) in [6, 6.07) is 9.50. The summed E-state index contributed by atoms with van der Waals surface area (Å²) in [4.78, 5) is 16.2. The molecule has 0 aliphatic heterocycles. The number of nitrogens with zero attached hydrogens (tertiary/aromatic N) is 1. The molecular weight excluding hydrogens is 502 g/mol. The summed E-state index contributed by atoms with van der Waals surface area (Å²) in [6.07, 6.45) is 0. The van der Waals surface area contributed by atoms with Gasteiger partial charge in [-0.3, -0.25) is 14.5 Å². The molecule has 0 heterocycles. The SMILES string of the molecule is COc1c(C(C)(C)C)cc(S(=O)(=O)Nc2ccc(C(=O)NCCN=C(N)N)cc2)cc1C(C)(C)C.Cl. The molecule has 1 amide bonds. The molecule has 0 unspecified atom stereocenters. The summed E-state index contributed by atoms with van der Waals surface area (Å²) in [5.74, 6) is 0.334. The second kappa shape index (κ2) is 11.8. The van der Waals surface area contributed by atoms with Gasteiger partial charge in [0.2, 0.25) is 0 Å². The van der Waals surface area contributed by atoms with Crippen molar-refractivity contribution in [3.8, 4) is 5.75 Å². The van der Waals surface area contributed by atoms with E-state index in [-0.39, 0.29) is 53.1 Å². The van der Waals surface area contributed by atoms with Crippen LogP contribution in [0.4, 0.5) is 5.69 Å². The number of aliphatic imine (C=N–C) groups is 1. The zero-order valence-electron chi connectivity index (χ0n) is 21.9. The van der Waals surface area contributed by atoms with Gasteiger partial charge in [0.15, 0.2) is 5.96 Å². The molecule has 0 fully saturated rings. The first kappa shape index (κ1) is 31.1. The summed E-state index contributed by atoms with van der Waals surface area (Å²) in [5.41, 5.74) is 12.2. The Labute approximate surface area is 220 Å². The maximum atomic E-state index is 13.3. The lowest BCUT2D eigenvalue weighted by Crippen LogP contribution is -2.28. The van der Waals surface area contributed by atoms with Crippen molar-refractivity contribution in [2.24, 2.45) is 16.5 Å². The normalized spacial score (nSPS) is 11.8. The number of methoxy groups -OCH3 is 1. The van der Waals surface area contributed by atoms with E-state index >= 15 is 0 Å². The molecule has 0 spiro atoms. The van der Waals surface area contributed by atoms with Gasteiger partial charge in [-0.1, -0.05) is 41.5 Å². The molecule has 2 aromatic carbocycles. The molecule has 6 N–H and O–H groups in total. The molecule has 0 aromatic heterocycles. The molecular formula is C25H38ClN5O4S. The van der Waals surface area contributed by atoms with E-state index < -0.39 is 10.0 Å². The molecule has 0 aliphatic rings. The first-order valence-electron chi connectivity index (χ1n) is 11.3. The van der Waals surface area contributed by atoms with Crippen LogP contribution in [0.25, 0.3) is 0 Å². The molecule has 2 rings (SSSR count). The van der Waals surface area contributed by atoms with Gasteiger partial charge in [0.05, 0.1) is 18.6 Å². The molecule has 0 bridgehead atoms. The van der Waals surface area contributed by atoms with Crippen molar-refractivity contribution in [3.63, 3.8) is 0 Å². The van der Waals surface area contributed by atoms with Crippen LogP contribution in [0.5, 0.6) is 5.75 Å². The van der Waals surface area contributed by atoms with Gasteiger partial charge in [-0.05, 0) is 47.2 Å². The third-order valence-electron chi connectivity index (χ3n) is 5.28. The minimum Gasteiger partial charge on any atom is -0.496 e. The van der Waals surface area contributed by atoms with Crippen LogP contribution >= 0.6 is 12.4 Å². The van der Waals surface area contributed by atoms with Crippen LogP contribution in [0.2, 0.25) is 0 Å². The van der Waals surface area contributed by atoms with Crippen molar-refractivity contribution >= 4 is 40.0 Å². The van der Waals surface area contributed by atoms with Crippen LogP contribution in [-0.4, -0.2) is 40.5 Å². The Kier molecular flexibility index (Phi) is 10.2. The zero-order chi connectivity index (χ0) is 26.6. The van der Waals surface area contributed by atoms with Gasteiger partial charge >= 0.3 is 0 Å². The van der Waals surface area contributed by atoms with Gasteiger partial charge in [-0.25, -0.2) is 8.42 Å². The van der Waals surface area contributed by atoms with E-state index in [1.54, 1.807) is 43.5 Å². The highest BCUT2D eigenvalue weighted by atomic mass is 35.5. The Morgan fingerprint density at radius 2 is 1.47 bits per heavy atom. The smallest absolute Gasteiger partial charge is 0.261 e. The van der Waals surface area contributed by atoms with Gasteiger partial charge in [-0.15, -0.1) is 12.4 Å². The quantitative estimate of drug-likeness (QED) is 0.229. The Morgan fingerprint density at radius 3 is 1.89 bits per heavy atom. The Morgan fingerprint density at radius 1 is 0.972 bits per heavy atom. The number of benzene rings is 2. The lowest BCUT2D eigenvalue weighted by molar-refractivity contribution is 0.0955. The van der Waals surface area contributed by atoms with E-state index in [2.05, 4.69) is 15.0 Å². The molecule has 36 heavy (non-hydrogen) atoms. The van der Waals surface area contributed by atoms with Gasteiger partial charge in [0.1, 0.15) is 5.75 Å². The molecule has 11 heteroatoms. The number of ether oxygens (including phenoxy) is 1. The highest BCUT2D eigenvalue weighted by Crippen LogP contribution is 2.41. The lowest BCUT2D eigenvalue weighted by atomic mass is 9.79. The fraction of sp³-hybridized carbons (Fsp3) is 0.440. The maximum Gasteiger partial charge on any atom is 0.261 e. The fourth-order valence-corrected chi connectivity index (χ4v) is 4.56. The Bertz CT molecular complexity index is 1160. The number of halogens is 1. The van der Waals surface area contributed by atoms with Gasteiger partial charge in [0, 0.05) is 28.9 Å². The van der Waals surface area contributed by atoms with Crippen LogP contribution in [0.15, 0.2) is 46.3 Å². The number of nitrogens with one attached hydrogen (secondary N) is 2. The third-order valence-corrected chi connectivity index (χ3v) is 6.64. The number of nitrogens with two attached hydrogens (primary N) is 2. The van der Waals surface area contributed by atoms with Crippen molar-refractivity contribution in [1.29, 1.82) is 0 Å². The largest absolute Gasteiger partial charge is 0.496 e. The van der Waals surface area contributed by atoms with Crippen molar-refractivity contribution in [1.82, 2.24) is 5.32 Å². The van der Waals surface area contributed by atoms with E-state index in [4.69, 9.17) is 16.2 Å². The predicted octanol–water partition coefficient (Wildman–Crippen LogP) is 3.52. The van der Waals surface area contributed by atoms with Crippen LogP contribution in [0, 0.1) is 0 Å². The van der Waals surface area contributed by atoms with Gasteiger partial charge < -0.3 is 21.5 Å². The van der Waals surface area contributed by atoms with E-state index in [0.29, 0.717) is 17.0 Å². The van der Waals surface area contributed by atoms with Crippen LogP contribution in [-0.2, 0) is 20.9 Å². The molecule has 0 radical (unpaired) electrons. The van der Waals surface area contributed by atoms with E-state index in [0.717, 1.165) is 11.1 Å². The van der Waals surface area contributed by atoms with E-state index in [1.807, 2.05) is 41.5 Å². The average molecular weight is 540 g/mol.